The minimum absolute atomic E-state index is 0.261. The molecule has 1 saturated carbocycles. The highest BCUT2D eigenvalue weighted by molar-refractivity contribution is 5.69. The van der Waals surface area contributed by atoms with Gasteiger partial charge in [0.2, 0.25) is 6.43 Å². The van der Waals surface area contributed by atoms with E-state index in [1.807, 2.05) is 20.8 Å². The summed E-state index contributed by atoms with van der Waals surface area (Å²) in [5.41, 5.74) is 1.88. The van der Waals surface area contributed by atoms with E-state index in [1.54, 1.807) is 4.90 Å². The maximum atomic E-state index is 12.6. The smallest absolute Gasteiger partial charge is 0.410 e. The van der Waals surface area contributed by atoms with E-state index in [2.05, 4.69) is 24.3 Å². The first-order chi connectivity index (χ1) is 11.2. The zero-order chi connectivity index (χ0) is 17.5. The van der Waals surface area contributed by atoms with Crippen LogP contribution in [-0.4, -0.2) is 36.1 Å². The van der Waals surface area contributed by atoms with Gasteiger partial charge in [0.1, 0.15) is 5.60 Å². The van der Waals surface area contributed by atoms with Gasteiger partial charge in [-0.3, -0.25) is 0 Å². The predicted octanol–water partition coefficient (Wildman–Crippen LogP) is 4.78. The van der Waals surface area contributed by atoms with Crippen LogP contribution in [0.3, 0.4) is 0 Å². The lowest BCUT2D eigenvalue weighted by atomic mass is 9.71. The van der Waals surface area contributed by atoms with Crippen LogP contribution in [0.15, 0.2) is 24.3 Å². The molecule has 3 nitrogen and oxygen atoms in total. The summed E-state index contributed by atoms with van der Waals surface area (Å²) in [5.74, 6) is 0.183. The molecule has 1 aliphatic heterocycles. The van der Waals surface area contributed by atoms with Crippen LogP contribution in [0.4, 0.5) is 13.6 Å². The summed E-state index contributed by atoms with van der Waals surface area (Å²) in [6.07, 6.45) is -1.27. The number of benzene rings is 1. The van der Waals surface area contributed by atoms with Crippen LogP contribution in [0.5, 0.6) is 0 Å². The van der Waals surface area contributed by atoms with Crippen LogP contribution < -0.4 is 0 Å². The average molecular weight is 337 g/mol. The second-order valence-corrected chi connectivity index (χ2v) is 8.01. The van der Waals surface area contributed by atoms with Crippen molar-refractivity contribution in [2.75, 3.05) is 13.1 Å². The Morgan fingerprint density at radius 3 is 2.04 bits per heavy atom. The van der Waals surface area contributed by atoms with E-state index < -0.39 is 17.9 Å². The van der Waals surface area contributed by atoms with E-state index in [-0.39, 0.29) is 12.0 Å². The molecular formula is C19H25F2NO2. The fourth-order valence-electron chi connectivity index (χ4n) is 3.35. The molecule has 132 valence electrons. The molecule has 1 aliphatic carbocycles. The fraction of sp³-hybridized carbons (Fsp3) is 0.632. The quantitative estimate of drug-likeness (QED) is 0.794. The highest BCUT2D eigenvalue weighted by atomic mass is 19.3. The molecule has 0 spiro atoms. The van der Waals surface area contributed by atoms with E-state index in [4.69, 9.17) is 4.74 Å². The number of amides is 1. The van der Waals surface area contributed by atoms with Crippen molar-refractivity contribution in [3.05, 3.63) is 35.4 Å². The van der Waals surface area contributed by atoms with Gasteiger partial charge in [-0.25, -0.2) is 13.6 Å². The summed E-state index contributed by atoms with van der Waals surface area (Å²) in [7, 11) is 0. The Hall–Kier alpha value is -1.65. The number of rotatable bonds is 3. The molecule has 0 atom stereocenters. The SMILES string of the molecule is CC(C)(C)OC(=O)N1CC(c2ccc(C3CC(C(F)F)C3)cc2)C1. The van der Waals surface area contributed by atoms with Gasteiger partial charge in [0.25, 0.3) is 0 Å². The van der Waals surface area contributed by atoms with Crippen molar-refractivity contribution in [3.8, 4) is 0 Å². The summed E-state index contributed by atoms with van der Waals surface area (Å²) in [6, 6.07) is 8.25. The molecule has 1 aromatic rings. The first-order valence-corrected chi connectivity index (χ1v) is 8.59. The minimum Gasteiger partial charge on any atom is -0.444 e. The summed E-state index contributed by atoms with van der Waals surface area (Å²) < 4.78 is 30.5. The van der Waals surface area contributed by atoms with Crippen LogP contribution in [0.2, 0.25) is 0 Å². The molecule has 0 N–H and O–H groups in total. The second-order valence-electron chi connectivity index (χ2n) is 8.01. The summed E-state index contributed by atoms with van der Waals surface area (Å²) in [4.78, 5) is 13.6. The highest BCUT2D eigenvalue weighted by Gasteiger charge is 2.37. The standard InChI is InChI=1S/C19H25F2NO2/c1-19(2,3)24-18(23)22-10-16(11-22)13-6-4-12(5-7-13)14-8-15(9-14)17(20)21/h4-7,14-17H,8-11H2,1-3H3. The molecule has 2 fully saturated rings. The third-order valence-corrected chi connectivity index (χ3v) is 4.94. The van der Waals surface area contributed by atoms with Gasteiger partial charge < -0.3 is 9.64 Å². The topological polar surface area (TPSA) is 29.5 Å². The van der Waals surface area contributed by atoms with Gasteiger partial charge in [-0.15, -0.1) is 0 Å². The number of hydrogen-bond donors (Lipinski definition) is 0. The molecule has 1 amide bonds. The van der Waals surface area contributed by atoms with E-state index in [9.17, 15) is 13.6 Å². The Morgan fingerprint density at radius 1 is 1.08 bits per heavy atom. The zero-order valence-electron chi connectivity index (χ0n) is 14.5. The van der Waals surface area contributed by atoms with Gasteiger partial charge in [0.05, 0.1) is 0 Å². The van der Waals surface area contributed by atoms with Gasteiger partial charge in [-0.05, 0) is 50.7 Å². The van der Waals surface area contributed by atoms with Crippen LogP contribution in [0.25, 0.3) is 0 Å². The summed E-state index contributed by atoms with van der Waals surface area (Å²) in [5, 5.41) is 0. The molecule has 0 unspecified atom stereocenters. The van der Waals surface area contributed by atoms with Crippen LogP contribution in [0, 0.1) is 5.92 Å². The van der Waals surface area contributed by atoms with Crippen LogP contribution in [0.1, 0.15) is 56.6 Å². The fourth-order valence-corrected chi connectivity index (χ4v) is 3.35. The monoisotopic (exact) mass is 337 g/mol. The maximum Gasteiger partial charge on any atom is 0.410 e. The van der Waals surface area contributed by atoms with E-state index in [1.165, 1.54) is 5.56 Å². The van der Waals surface area contributed by atoms with Crippen molar-refractivity contribution in [3.63, 3.8) is 0 Å². The molecule has 1 saturated heterocycles. The summed E-state index contributed by atoms with van der Waals surface area (Å²) >= 11 is 0. The van der Waals surface area contributed by atoms with Gasteiger partial charge >= 0.3 is 6.09 Å². The van der Waals surface area contributed by atoms with Crippen molar-refractivity contribution in [1.29, 1.82) is 0 Å². The number of hydrogen-bond acceptors (Lipinski definition) is 2. The first kappa shape index (κ1) is 17.2. The molecule has 1 aromatic carbocycles. The van der Waals surface area contributed by atoms with Crippen molar-refractivity contribution in [2.24, 2.45) is 5.92 Å². The van der Waals surface area contributed by atoms with Gasteiger partial charge in [-0.1, -0.05) is 24.3 Å². The lowest BCUT2D eigenvalue weighted by Crippen LogP contribution is -2.50. The van der Waals surface area contributed by atoms with Gasteiger partial charge in [-0.2, -0.15) is 0 Å². The molecule has 24 heavy (non-hydrogen) atoms. The normalized spacial score (nSPS) is 24.5. The number of carbonyl (C=O) groups excluding carboxylic acids is 1. The number of halogens is 2. The Balaban J connectivity index is 1.49. The number of likely N-dealkylation sites (tertiary alicyclic amines) is 1. The van der Waals surface area contributed by atoms with E-state index in [0.29, 0.717) is 31.8 Å². The lowest BCUT2D eigenvalue weighted by Gasteiger charge is -2.40. The molecular weight excluding hydrogens is 312 g/mol. The maximum absolute atomic E-state index is 12.6. The third kappa shape index (κ3) is 3.70. The number of alkyl halides is 2. The number of nitrogens with zero attached hydrogens (tertiary/aromatic N) is 1. The van der Waals surface area contributed by atoms with Gasteiger partial charge in [0.15, 0.2) is 0 Å². The molecule has 0 radical (unpaired) electrons. The zero-order valence-corrected chi connectivity index (χ0v) is 14.5. The second kappa shape index (κ2) is 6.34. The summed E-state index contributed by atoms with van der Waals surface area (Å²) in [6.45, 7) is 6.93. The Kier molecular flexibility index (Phi) is 4.54. The number of ether oxygens (including phenoxy) is 1. The lowest BCUT2D eigenvalue weighted by molar-refractivity contribution is 0.00814. The number of carbonyl (C=O) groups is 1. The van der Waals surface area contributed by atoms with E-state index >= 15 is 0 Å². The third-order valence-electron chi connectivity index (χ3n) is 4.94. The minimum atomic E-state index is -2.19. The average Bonchev–Trinajstić information content (AvgIpc) is 2.34. The van der Waals surface area contributed by atoms with Crippen molar-refractivity contribution in [1.82, 2.24) is 4.90 Å². The molecule has 3 rings (SSSR count). The Bertz CT molecular complexity index is 582. The molecule has 0 aromatic heterocycles. The predicted molar refractivity (Wildman–Crippen MR) is 88.5 cm³/mol. The van der Waals surface area contributed by atoms with Crippen molar-refractivity contribution < 1.29 is 18.3 Å². The largest absolute Gasteiger partial charge is 0.444 e. The first-order valence-electron chi connectivity index (χ1n) is 8.59. The van der Waals surface area contributed by atoms with Crippen LogP contribution >= 0.6 is 0 Å². The van der Waals surface area contributed by atoms with Crippen molar-refractivity contribution in [2.45, 2.75) is 57.5 Å². The van der Waals surface area contributed by atoms with E-state index in [0.717, 1.165) is 5.56 Å². The Labute approximate surface area is 142 Å². The molecule has 2 aliphatic rings. The van der Waals surface area contributed by atoms with Crippen molar-refractivity contribution >= 4 is 6.09 Å². The molecule has 1 heterocycles. The highest BCUT2D eigenvalue weighted by Crippen LogP contribution is 2.44. The molecule has 5 heteroatoms. The Morgan fingerprint density at radius 2 is 1.58 bits per heavy atom. The van der Waals surface area contributed by atoms with Gasteiger partial charge in [0, 0.05) is 24.9 Å². The molecule has 0 bridgehead atoms. The van der Waals surface area contributed by atoms with Crippen LogP contribution in [-0.2, 0) is 4.74 Å².